The van der Waals surface area contributed by atoms with E-state index in [1.807, 2.05) is 24.3 Å². The molecular formula is C16H10FIN4O4S2. The molecule has 0 unspecified atom stereocenters. The van der Waals surface area contributed by atoms with Gasteiger partial charge >= 0.3 is 5.76 Å². The van der Waals surface area contributed by atoms with Crippen molar-refractivity contribution >= 4 is 60.4 Å². The summed E-state index contributed by atoms with van der Waals surface area (Å²) in [5, 5.41) is -0.00262. The molecule has 0 aliphatic rings. The minimum Gasteiger partial charge on any atom is -0.408 e. The minimum atomic E-state index is -4.26. The molecule has 0 saturated heterocycles. The summed E-state index contributed by atoms with van der Waals surface area (Å²) < 4.78 is 52.7. The Labute approximate surface area is 175 Å². The fraction of sp³-hybridized carbons (Fsp3) is 0.0625. The van der Waals surface area contributed by atoms with Gasteiger partial charge in [0.25, 0.3) is 10.0 Å². The third kappa shape index (κ3) is 3.54. The Balaban J connectivity index is 1.79. The first-order valence-electron chi connectivity index (χ1n) is 7.71. The molecule has 0 amide bonds. The van der Waals surface area contributed by atoms with Gasteiger partial charge in [0.05, 0.1) is 12.1 Å². The number of fused-ring (bicyclic) bond motifs is 1. The van der Waals surface area contributed by atoms with Crippen molar-refractivity contribution in [2.24, 2.45) is 0 Å². The normalized spacial score (nSPS) is 11.8. The van der Waals surface area contributed by atoms with Crippen LogP contribution in [0.15, 0.2) is 56.8 Å². The van der Waals surface area contributed by atoms with E-state index in [9.17, 15) is 17.6 Å². The number of nitrogens with one attached hydrogen (secondary N) is 1. The second-order valence-corrected chi connectivity index (χ2v) is 9.24. The van der Waals surface area contributed by atoms with Gasteiger partial charge in [0, 0.05) is 27.2 Å². The molecule has 2 heterocycles. The Morgan fingerprint density at radius 2 is 2.07 bits per heavy atom. The van der Waals surface area contributed by atoms with Crippen LogP contribution >= 0.6 is 34.1 Å². The molecule has 144 valence electrons. The lowest BCUT2D eigenvalue weighted by Gasteiger charge is -2.07. The summed E-state index contributed by atoms with van der Waals surface area (Å²) >= 11 is 2.95. The van der Waals surface area contributed by atoms with Crippen LogP contribution in [0.4, 0.5) is 9.52 Å². The standard InChI is InChI=1S/C16H10FIN4O4S2/c17-10-5-12-13(6-14(10)28(24,25)21-15-19-8-20-27-15)26-16(23)22(12)7-9-3-1-2-4-11(9)18/h1-6,8H,7H2,(H,19,20,21). The van der Waals surface area contributed by atoms with Gasteiger partial charge in [0.15, 0.2) is 5.58 Å². The first-order chi connectivity index (χ1) is 13.3. The maximum atomic E-state index is 14.6. The lowest BCUT2D eigenvalue weighted by atomic mass is 10.2. The fourth-order valence-electron chi connectivity index (χ4n) is 2.61. The van der Waals surface area contributed by atoms with Gasteiger partial charge in [0.2, 0.25) is 5.13 Å². The van der Waals surface area contributed by atoms with E-state index in [2.05, 4.69) is 36.7 Å². The number of rotatable bonds is 5. The van der Waals surface area contributed by atoms with E-state index in [0.717, 1.165) is 32.8 Å². The van der Waals surface area contributed by atoms with Crippen molar-refractivity contribution in [1.82, 2.24) is 13.9 Å². The van der Waals surface area contributed by atoms with E-state index >= 15 is 0 Å². The lowest BCUT2D eigenvalue weighted by Crippen LogP contribution is -2.16. The number of benzene rings is 2. The van der Waals surface area contributed by atoms with Crippen molar-refractivity contribution in [3.63, 3.8) is 0 Å². The number of hydrogen-bond donors (Lipinski definition) is 1. The number of halogens is 2. The highest BCUT2D eigenvalue weighted by molar-refractivity contribution is 14.1. The minimum absolute atomic E-state index is 0.00262. The molecule has 28 heavy (non-hydrogen) atoms. The van der Waals surface area contributed by atoms with Gasteiger partial charge in [-0.3, -0.25) is 9.29 Å². The Hall–Kier alpha value is -2.32. The maximum Gasteiger partial charge on any atom is 0.420 e. The van der Waals surface area contributed by atoms with E-state index < -0.39 is 26.5 Å². The molecule has 2 aromatic heterocycles. The van der Waals surface area contributed by atoms with Gasteiger partial charge in [-0.15, -0.1) is 0 Å². The van der Waals surface area contributed by atoms with E-state index in [1.54, 1.807) is 0 Å². The van der Waals surface area contributed by atoms with Gasteiger partial charge in [-0.25, -0.2) is 22.6 Å². The average Bonchev–Trinajstić information content (AvgIpc) is 3.24. The van der Waals surface area contributed by atoms with Crippen LogP contribution in [-0.4, -0.2) is 22.3 Å². The zero-order chi connectivity index (χ0) is 19.9. The summed E-state index contributed by atoms with van der Waals surface area (Å²) in [5.41, 5.74) is 0.981. The van der Waals surface area contributed by atoms with Crippen molar-refractivity contribution in [2.75, 3.05) is 4.72 Å². The Morgan fingerprint density at radius 3 is 2.79 bits per heavy atom. The largest absolute Gasteiger partial charge is 0.420 e. The molecule has 0 aliphatic carbocycles. The summed E-state index contributed by atoms with van der Waals surface area (Å²) in [6.07, 6.45) is 1.17. The van der Waals surface area contributed by atoms with Crippen LogP contribution in [-0.2, 0) is 16.6 Å². The molecule has 0 saturated carbocycles. The van der Waals surface area contributed by atoms with Gasteiger partial charge < -0.3 is 4.42 Å². The number of aromatic nitrogens is 3. The molecule has 2 aromatic carbocycles. The lowest BCUT2D eigenvalue weighted by molar-refractivity contribution is 0.516. The third-order valence-corrected chi connectivity index (χ3v) is 7.00. The SMILES string of the molecule is O=c1oc2cc(S(=O)(=O)Nc3ncns3)c(F)cc2n1Cc1ccccc1I. The third-order valence-electron chi connectivity index (χ3n) is 3.88. The molecule has 12 heteroatoms. The summed E-state index contributed by atoms with van der Waals surface area (Å²) in [6, 6.07) is 9.38. The van der Waals surface area contributed by atoms with Crippen molar-refractivity contribution < 1.29 is 17.2 Å². The molecule has 0 bridgehead atoms. The highest BCUT2D eigenvalue weighted by Crippen LogP contribution is 2.25. The van der Waals surface area contributed by atoms with E-state index in [4.69, 9.17) is 4.42 Å². The molecule has 0 spiro atoms. The van der Waals surface area contributed by atoms with Crippen molar-refractivity contribution in [3.8, 4) is 0 Å². The Kier molecular flexibility index (Phi) is 4.93. The second-order valence-electron chi connectivity index (χ2n) is 5.65. The van der Waals surface area contributed by atoms with Crippen LogP contribution in [0.5, 0.6) is 0 Å². The monoisotopic (exact) mass is 532 g/mol. The van der Waals surface area contributed by atoms with Crippen LogP contribution in [0.2, 0.25) is 0 Å². The molecule has 0 atom stereocenters. The predicted octanol–water partition coefficient (Wildman–Crippen LogP) is 3.04. The summed E-state index contributed by atoms with van der Waals surface area (Å²) in [7, 11) is -4.26. The van der Waals surface area contributed by atoms with Crippen LogP contribution < -0.4 is 10.5 Å². The smallest absolute Gasteiger partial charge is 0.408 e. The van der Waals surface area contributed by atoms with E-state index in [1.165, 1.54) is 10.9 Å². The Bertz CT molecular complexity index is 1330. The maximum absolute atomic E-state index is 14.6. The van der Waals surface area contributed by atoms with Gasteiger partial charge in [0.1, 0.15) is 17.0 Å². The van der Waals surface area contributed by atoms with Crippen molar-refractivity contribution in [2.45, 2.75) is 11.4 Å². The number of anilines is 1. The van der Waals surface area contributed by atoms with Crippen molar-refractivity contribution in [3.05, 3.63) is 68.2 Å². The van der Waals surface area contributed by atoms with Crippen LogP contribution in [0.1, 0.15) is 5.56 Å². The van der Waals surface area contributed by atoms with E-state index in [0.29, 0.717) is 0 Å². The molecule has 4 aromatic rings. The fourth-order valence-corrected chi connectivity index (χ4v) is 4.90. The number of sulfonamides is 1. The molecule has 0 fully saturated rings. The van der Waals surface area contributed by atoms with Crippen LogP contribution in [0.25, 0.3) is 11.1 Å². The highest BCUT2D eigenvalue weighted by Gasteiger charge is 2.24. The first kappa shape index (κ1) is 19.0. The van der Waals surface area contributed by atoms with Crippen LogP contribution in [0, 0.1) is 9.39 Å². The van der Waals surface area contributed by atoms with Gasteiger partial charge in [-0.1, -0.05) is 18.2 Å². The average molecular weight is 532 g/mol. The molecule has 0 radical (unpaired) electrons. The quantitative estimate of drug-likeness (QED) is 0.396. The zero-order valence-corrected chi connectivity index (χ0v) is 17.6. The predicted molar refractivity (Wildman–Crippen MR) is 109 cm³/mol. The molecule has 1 N–H and O–H groups in total. The first-order valence-corrected chi connectivity index (χ1v) is 11.0. The van der Waals surface area contributed by atoms with Gasteiger partial charge in [-0.2, -0.15) is 4.37 Å². The topological polar surface area (TPSA) is 107 Å². The van der Waals surface area contributed by atoms with E-state index in [-0.39, 0.29) is 22.8 Å². The molecule has 4 rings (SSSR count). The van der Waals surface area contributed by atoms with Crippen LogP contribution in [0.3, 0.4) is 0 Å². The molecule has 0 aliphatic heterocycles. The summed E-state index contributed by atoms with van der Waals surface area (Å²) in [4.78, 5) is 15.3. The number of nitrogens with zero attached hydrogens (tertiary/aromatic N) is 3. The second kappa shape index (κ2) is 7.25. The Morgan fingerprint density at radius 1 is 1.29 bits per heavy atom. The van der Waals surface area contributed by atoms with Gasteiger partial charge in [-0.05, 0) is 34.2 Å². The molecular weight excluding hydrogens is 522 g/mol. The summed E-state index contributed by atoms with van der Waals surface area (Å²) in [6.45, 7) is 0.166. The summed E-state index contributed by atoms with van der Waals surface area (Å²) in [5.74, 6) is -1.72. The number of hydrogen-bond acceptors (Lipinski definition) is 7. The highest BCUT2D eigenvalue weighted by atomic mass is 127. The van der Waals surface area contributed by atoms with Crippen molar-refractivity contribution in [1.29, 1.82) is 0 Å². The number of oxazole rings is 1. The molecule has 8 nitrogen and oxygen atoms in total. The zero-order valence-electron chi connectivity index (χ0n) is 13.8.